The summed E-state index contributed by atoms with van der Waals surface area (Å²) in [4.78, 5) is 2.66. The third-order valence-electron chi connectivity index (χ3n) is 4.32. The minimum Gasteiger partial charge on any atom is -0.308 e. The molecule has 2 heterocycles. The average molecular weight is 276 g/mol. The molecule has 1 saturated heterocycles. The lowest BCUT2D eigenvalue weighted by Crippen LogP contribution is -2.48. The molecule has 0 saturated carbocycles. The maximum atomic E-state index is 3.71. The van der Waals surface area contributed by atoms with Crippen molar-refractivity contribution in [2.45, 2.75) is 37.6 Å². The third kappa shape index (κ3) is 3.33. The first-order chi connectivity index (χ1) is 9.35. The van der Waals surface area contributed by atoms with E-state index in [0.29, 0.717) is 6.04 Å². The Hall–Kier alpha value is -0.510. The van der Waals surface area contributed by atoms with E-state index in [1.54, 1.807) is 5.56 Å². The highest BCUT2D eigenvalue weighted by Gasteiger charge is 2.24. The van der Waals surface area contributed by atoms with E-state index >= 15 is 0 Å². The number of hydrogen-bond donors (Lipinski definition) is 1. The maximum Gasteiger partial charge on any atom is 0.0238 e. The Kier molecular flexibility index (Phi) is 4.46. The SMILES string of the molecule is CCC1CN(CC2Cc3ccccc3CN2)CCS1. The van der Waals surface area contributed by atoms with Crippen LogP contribution in [0.1, 0.15) is 24.5 Å². The first kappa shape index (κ1) is 13.5. The van der Waals surface area contributed by atoms with Crippen LogP contribution in [0, 0.1) is 0 Å². The van der Waals surface area contributed by atoms with Crippen molar-refractivity contribution >= 4 is 11.8 Å². The molecule has 1 aromatic rings. The molecule has 2 aliphatic heterocycles. The Morgan fingerprint density at radius 1 is 1.32 bits per heavy atom. The van der Waals surface area contributed by atoms with E-state index in [1.807, 2.05) is 0 Å². The van der Waals surface area contributed by atoms with Gasteiger partial charge in [0.15, 0.2) is 0 Å². The van der Waals surface area contributed by atoms with Crippen LogP contribution in [0.3, 0.4) is 0 Å². The molecule has 0 spiro atoms. The minimum absolute atomic E-state index is 0.635. The zero-order chi connectivity index (χ0) is 13.1. The highest BCUT2D eigenvalue weighted by molar-refractivity contribution is 8.00. The molecule has 2 unspecified atom stereocenters. The van der Waals surface area contributed by atoms with Crippen LogP contribution in [0.4, 0.5) is 0 Å². The second-order valence-electron chi connectivity index (χ2n) is 5.71. The molecule has 3 heteroatoms. The molecule has 1 fully saturated rings. The van der Waals surface area contributed by atoms with Crippen molar-refractivity contribution in [2.75, 3.05) is 25.4 Å². The summed E-state index contributed by atoms with van der Waals surface area (Å²) in [6.45, 7) is 7.12. The number of rotatable bonds is 3. The highest BCUT2D eigenvalue weighted by Crippen LogP contribution is 2.22. The second kappa shape index (κ2) is 6.29. The molecule has 1 N–H and O–H groups in total. The number of nitrogens with zero attached hydrogens (tertiary/aromatic N) is 1. The molecular weight excluding hydrogens is 252 g/mol. The standard InChI is InChI=1S/C16H24N2S/c1-2-16-12-18(7-8-19-16)11-15-9-13-5-3-4-6-14(13)10-17-15/h3-6,15-17H,2,7-12H2,1H3. The van der Waals surface area contributed by atoms with Gasteiger partial charge in [0.05, 0.1) is 0 Å². The van der Waals surface area contributed by atoms with Gasteiger partial charge in [-0.15, -0.1) is 0 Å². The fourth-order valence-corrected chi connectivity index (χ4v) is 4.40. The Morgan fingerprint density at radius 3 is 3.00 bits per heavy atom. The maximum absolute atomic E-state index is 3.71. The van der Waals surface area contributed by atoms with Gasteiger partial charge in [0.2, 0.25) is 0 Å². The number of fused-ring (bicyclic) bond motifs is 1. The van der Waals surface area contributed by atoms with E-state index in [0.717, 1.165) is 11.8 Å². The molecule has 0 aromatic heterocycles. The normalized spacial score (nSPS) is 28.1. The summed E-state index contributed by atoms with van der Waals surface area (Å²) in [5, 5.41) is 4.56. The Labute approximate surface area is 121 Å². The van der Waals surface area contributed by atoms with Gasteiger partial charge in [-0.2, -0.15) is 11.8 Å². The fraction of sp³-hybridized carbons (Fsp3) is 0.625. The number of nitrogens with one attached hydrogen (secondary N) is 1. The molecule has 0 amide bonds. The summed E-state index contributed by atoms with van der Waals surface area (Å²) in [6.07, 6.45) is 2.50. The summed E-state index contributed by atoms with van der Waals surface area (Å²) >= 11 is 2.16. The molecule has 2 aliphatic rings. The first-order valence-corrected chi connectivity index (χ1v) is 8.54. The second-order valence-corrected chi connectivity index (χ2v) is 7.12. The summed E-state index contributed by atoms with van der Waals surface area (Å²) in [5.41, 5.74) is 3.03. The molecule has 19 heavy (non-hydrogen) atoms. The fourth-order valence-electron chi connectivity index (χ4n) is 3.16. The molecular formula is C16H24N2S. The van der Waals surface area contributed by atoms with Crippen LogP contribution in [0.5, 0.6) is 0 Å². The average Bonchev–Trinajstić information content (AvgIpc) is 2.47. The van der Waals surface area contributed by atoms with Gasteiger partial charge in [-0.3, -0.25) is 4.90 Å². The lowest BCUT2D eigenvalue weighted by molar-refractivity contribution is 0.241. The van der Waals surface area contributed by atoms with Crippen LogP contribution in [0.15, 0.2) is 24.3 Å². The zero-order valence-electron chi connectivity index (χ0n) is 11.8. The Bertz CT molecular complexity index is 421. The quantitative estimate of drug-likeness (QED) is 0.913. The van der Waals surface area contributed by atoms with Crippen LogP contribution in [-0.2, 0) is 13.0 Å². The van der Waals surface area contributed by atoms with Gasteiger partial charge in [0.1, 0.15) is 0 Å². The van der Waals surface area contributed by atoms with Crippen molar-refractivity contribution in [3.63, 3.8) is 0 Å². The Balaban J connectivity index is 1.57. The van der Waals surface area contributed by atoms with E-state index in [9.17, 15) is 0 Å². The summed E-state index contributed by atoms with van der Waals surface area (Å²) in [5.74, 6) is 1.31. The molecule has 2 nitrogen and oxygen atoms in total. The van der Waals surface area contributed by atoms with E-state index in [-0.39, 0.29) is 0 Å². The van der Waals surface area contributed by atoms with Gasteiger partial charge in [0, 0.05) is 43.2 Å². The van der Waals surface area contributed by atoms with Gasteiger partial charge < -0.3 is 5.32 Å². The summed E-state index contributed by atoms with van der Waals surface area (Å²) < 4.78 is 0. The zero-order valence-corrected chi connectivity index (χ0v) is 12.6. The minimum atomic E-state index is 0.635. The summed E-state index contributed by atoms with van der Waals surface area (Å²) in [7, 11) is 0. The predicted molar refractivity (Wildman–Crippen MR) is 83.8 cm³/mol. The molecule has 3 rings (SSSR count). The van der Waals surface area contributed by atoms with Crippen molar-refractivity contribution in [1.82, 2.24) is 10.2 Å². The van der Waals surface area contributed by atoms with Gasteiger partial charge in [-0.25, -0.2) is 0 Å². The number of thioether (sulfide) groups is 1. The highest BCUT2D eigenvalue weighted by atomic mass is 32.2. The third-order valence-corrected chi connectivity index (χ3v) is 5.69. The lowest BCUT2D eigenvalue weighted by Gasteiger charge is -2.36. The molecule has 2 atom stereocenters. The number of benzene rings is 1. The van der Waals surface area contributed by atoms with Gasteiger partial charge in [-0.1, -0.05) is 31.2 Å². The molecule has 1 aromatic carbocycles. The van der Waals surface area contributed by atoms with Crippen LogP contribution in [0.2, 0.25) is 0 Å². The monoisotopic (exact) mass is 276 g/mol. The van der Waals surface area contributed by atoms with Gasteiger partial charge >= 0.3 is 0 Å². The first-order valence-electron chi connectivity index (χ1n) is 7.49. The molecule has 0 radical (unpaired) electrons. The van der Waals surface area contributed by atoms with Crippen LogP contribution in [-0.4, -0.2) is 41.6 Å². The topological polar surface area (TPSA) is 15.3 Å². The molecule has 0 bridgehead atoms. The van der Waals surface area contributed by atoms with Crippen LogP contribution >= 0.6 is 11.8 Å². The van der Waals surface area contributed by atoms with Gasteiger partial charge in [-0.05, 0) is 24.0 Å². The molecule has 104 valence electrons. The van der Waals surface area contributed by atoms with Crippen LogP contribution in [0.25, 0.3) is 0 Å². The largest absolute Gasteiger partial charge is 0.308 e. The predicted octanol–water partition coefficient (Wildman–Crippen LogP) is 2.53. The Morgan fingerprint density at radius 2 is 2.16 bits per heavy atom. The van der Waals surface area contributed by atoms with Gasteiger partial charge in [0.25, 0.3) is 0 Å². The van der Waals surface area contributed by atoms with Crippen molar-refractivity contribution in [3.05, 3.63) is 35.4 Å². The van der Waals surface area contributed by atoms with Crippen LogP contribution < -0.4 is 5.32 Å². The van der Waals surface area contributed by atoms with E-state index in [1.165, 1.54) is 43.8 Å². The van der Waals surface area contributed by atoms with Crippen molar-refractivity contribution in [2.24, 2.45) is 0 Å². The van der Waals surface area contributed by atoms with Crippen molar-refractivity contribution in [3.8, 4) is 0 Å². The lowest BCUT2D eigenvalue weighted by atomic mass is 9.95. The van der Waals surface area contributed by atoms with Crippen molar-refractivity contribution < 1.29 is 0 Å². The van der Waals surface area contributed by atoms with E-state index in [2.05, 4.69) is 53.2 Å². The molecule has 0 aliphatic carbocycles. The van der Waals surface area contributed by atoms with E-state index < -0.39 is 0 Å². The number of hydrogen-bond acceptors (Lipinski definition) is 3. The summed E-state index contributed by atoms with van der Waals surface area (Å²) in [6, 6.07) is 9.50. The van der Waals surface area contributed by atoms with Crippen molar-refractivity contribution in [1.29, 1.82) is 0 Å². The smallest absolute Gasteiger partial charge is 0.0238 e. The van der Waals surface area contributed by atoms with E-state index in [4.69, 9.17) is 0 Å².